The molecular formula is C9H19N3O. The molecule has 0 aromatic rings. The number of likely N-dealkylation sites (N-methyl/N-ethyl adjacent to an activating group) is 1. The Labute approximate surface area is 79.7 Å². The first-order chi connectivity index (χ1) is 6.15. The summed E-state index contributed by atoms with van der Waals surface area (Å²) in [5.41, 5.74) is 5.86. The molecule has 1 atom stereocenters. The molecule has 0 bridgehead atoms. The molecule has 0 aromatic carbocycles. The van der Waals surface area contributed by atoms with Crippen LogP contribution >= 0.6 is 0 Å². The fourth-order valence-corrected chi connectivity index (χ4v) is 1.62. The number of nitrogens with zero attached hydrogens (tertiary/aromatic N) is 2. The van der Waals surface area contributed by atoms with Crippen LogP contribution in [0.5, 0.6) is 0 Å². The van der Waals surface area contributed by atoms with Crippen LogP contribution in [-0.4, -0.2) is 48.6 Å². The van der Waals surface area contributed by atoms with E-state index in [0.717, 1.165) is 25.9 Å². The Hall–Kier alpha value is -0.770. The minimum atomic E-state index is 0.117. The van der Waals surface area contributed by atoms with Crippen molar-refractivity contribution >= 4 is 6.03 Å². The molecule has 1 aliphatic heterocycles. The van der Waals surface area contributed by atoms with Crippen LogP contribution in [0.15, 0.2) is 0 Å². The van der Waals surface area contributed by atoms with Crippen LogP contribution < -0.4 is 5.73 Å². The zero-order chi connectivity index (χ0) is 9.84. The number of carbonyl (C=O) groups is 1. The molecule has 1 saturated heterocycles. The Morgan fingerprint density at radius 3 is 2.69 bits per heavy atom. The van der Waals surface area contributed by atoms with Crippen molar-refractivity contribution in [1.29, 1.82) is 0 Å². The molecule has 1 unspecified atom stereocenters. The lowest BCUT2D eigenvalue weighted by molar-refractivity contribution is 0.195. The Morgan fingerprint density at radius 1 is 1.54 bits per heavy atom. The lowest BCUT2D eigenvalue weighted by Crippen LogP contribution is -2.39. The number of amides is 2. The van der Waals surface area contributed by atoms with Gasteiger partial charge >= 0.3 is 6.03 Å². The van der Waals surface area contributed by atoms with E-state index in [9.17, 15) is 4.79 Å². The number of urea groups is 1. The Kier molecular flexibility index (Phi) is 3.54. The second-order valence-corrected chi connectivity index (χ2v) is 3.70. The molecule has 1 rings (SSSR count). The predicted molar refractivity (Wildman–Crippen MR) is 52.5 cm³/mol. The monoisotopic (exact) mass is 185 g/mol. The van der Waals surface area contributed by atoms with Gasteiger partial charge < -0.3 is 15.5 Å². The molecule has 0 saturated carbocycles. The molecule has 2 amide bonds. The van der Waals surface area contributed by atoms with Gasteiger partial charge in [-0.25, -0.2) is 4.79 Å². The molecule has 1 heterocycles. The molecule has 0 aromatic heterocycles. The van der Waals surface area contributed by atoms with E-state index in [1.807, 2.05) is 11.9 Å². The summed E-state index contributed by atoms with van der Waals surface area (Å²) in [6.45, 7) is 4.47. The van der Waals surface area contributed by atoms with Crippen molar-refractivity contribution in [2.24, 2.45) is 5.73 Å². The molecule has 4 heteroatoms. The highest BCUT2D eigenvalue weighted by Crippen LogP contribution is 2.07. The molecule has 0 aliphatic carbocycles. The van der Waals surface area contributed by atoms with Crippen molar-refractivity contribution in [3.63, 3.8) is 0 Å². The molecule has 0 radical (unpaired) electrons. The second kappa shape index (κ2) is 4.46. The predicted octanol–water partition coefficient (Wildman–Crippen LogP) is 0.481. The quantitative estimate of drug-likeness (QED) is 0.692. The van der Waals surface area contributed by atoms with Crippen LogP contribution in [0.2, 0.25) is 0 Å². The highest BCUT2D eigenvalue weighted by Gasteiger charge is 2.25. The largest absolute Gasteiger partial charge is 0.326 e. The van der Waals surface area contributed by atoms with Crippen LogP contribution in [0.3, 0.4) is 0 Å². The van der Waals surface area contributed by atoms with Crippen LogP contribution in [0.4, 0.5) is 4.79 Å². The number of hydrogen-bond acceptors (Lipinski definition) is 2. The topological polar surface area (TPSA) is 49.6 Å². The molecular weight excluding hydrogens is 166 g/mol. The van der Waals surface area contributed by atoms with Crippen molar-refractivity contribution in [3.05, 3.63) is 0 Å². The third-order valence-electron chi connectivity index (χ3n) is 2.42. The zero-order valence-corrected chi connectivity index (χ0v) is 8.49. The van der Waals surface area contributed by atoms with Gasteiger partial charge in [0, 0.05) is 32.7 Å². The normalized spacial score (nSPS) is 19.8. The number of rotatable bonds is 4. The van der Waals surface area contributed by atoms with Crippen LogP contribution in [0, 0.1) is 0 Å². The van der Waals surface area contributed by atoms with Crippen LogP contribution in [0.1, 0.15) is 19.8 Å². The zero-order valence-electron chi connectivity index (χ0n) is 8.49. The molecule has 0 spiro atoms. The SMILES string of the molecule is CCCC(N)CN1CCN(C)C1=O. The van der Waals surface area contributed by atoms with Gasteiger partial charge in [-0.2, -0.15) is 0 Å². The second-order valence-electron chi connectivity index (χ2n) is 3.70. The summed E-state index contributed by atoms with van der Waals surface area (Å²) in [6, 6.07) is 0.256. The maximum Gasteiger partial charge on any atom is 0.319 e. The third-order valence-corrected chi connectivity index (χ3v) is 2.42. The summed E-state index contributed by atoms with van der Waals surface area (Å²) < 4.78 is 0. The summed E-state index contributed by atoms with van der Waals surface area (Å²) in [5, 5.41) is 0. The minimum absolute atomic E-state index is 0.117. The highest BCUT2D eigenvalue weighted by atomic mass is 16.2. The van der Waals surface area contributed by atoms with Crippen LogP contribution in [-0.2, 0) is 0 Å². The lowest BCUT2D eigenvalue weighted by Gasteiger charge is -2.20. The summed E-state index contributed by atoms with van der Waals surface area (Å²) in [4.78, 5) is 15.0. The first kappa shape index (κ1) is 10.3. The van der Waals surface area contributed by atoms with Crippen molar-refractivity contribution in [2.45, 2.75) is 25.8 Å². The molecule has 1 aliphatic rings. The van der Waals surface area contributed by atoms with Gasteiger partial charge in [0.2, 0.25) is 0 Å². The summed E-state index contributed by atoms with van der Waals surface area (Å²) >= 11 is 0. The van der Waals surface area contributed by atoms with Crippen molar-refractivity contribution in [1.82, 2.24) is 9.80 Å². The Balaban J connectivity index is 2.33. The maximum absolute atomic E-state index is 11.4. The number of nitrogens with two attached hydrogens (primary N) is 1. The van der Waals surface area contributed by atoms with E-state index in [4.69, 9.17) is 5.73 Å². The molecule has 13 heavy (non-hydrogen) atoms. The first-order valence-electron chi connectivity index (χ1n) is 4.90. The Bertz CT molecular complexity index is 184. The van der Waals surface area contributed by atoms with Gasteiger partial charge in [0.05, 0.1) is 0 Å². The van der Waals surface area contributed by atoms with E-state index in [1.165, 1.54) is 0 Å². The Morgan fingerprint density at radius 2 is 2.23 bits per heavy atom. The standard InChI is InChI=1S/C9H19N3O/c1-3-4-8(10)7-12-6-5-11(2)9(12)13/h8H,3-7,10H2,1-2H3. The number of hydrogen-bond donors (Lipinski definition) is 1. The number of carbonyl (C=O) groups excluding carboxylic acids is 1. The average Bonchev–Trinajstić information content (AvgIpc) is 2.37. The van der Waals surface area contributed by atoms with Gasteiger partial charge in [-0.15, -0.1) is 0 Å². The van der Waals surface area contributed by atoms with E-state index in [0.29, 0.717) is 6.54 Å². The van der Waals surface area contributed by atoms with Crippen molar-refractivity contribution in [2.75, 3.05) is 26.7 Å². The van der Waals surface area contributed by atoms with Gasteiger partial charge in [-0.05, 0) is 6.42 Å². The maximum atomic E-state index is 11.4. The van der Waals surface area contributed by atoms with E-state index in [1.54, 1.807) is 4.90 Å². The summed E-state index contributed by atoms with van der Waals surface area (Å²) in [6.07, 6.45) is 2.08. The molecule has 1 fully saturated rings. The van der Waals surface area contributed by atoms with E-state index >= 15 is 0 Å². The van der Waals surface area contributed by atoms with Gasteiger partial charge in [0.25, 0.3) is 0 Å². The smallest absolute Gasteiger partial charge is 0.319 e. The van der Waals surface area contributed by atoms with Gasteiger partial charge in [-0.1, -0.05) is 13.3 Å². The molecule has 76 valence electrons. The average molecular weight is 185 g/mol. The minimum Gasteiger partial charge on any atom is -0.326 e. The van der Waals surface area contributed by atoms with Crippen molar-refractivity contribution in [3.8, 4) is 0 Å². The van der Waals surface area contributed by atoms with Gasteiger partial charge in [0.15, 0.2) is 0 Å². The fraction of sp³-hybridized carbons (Fsp3) is 0.889. The molecule has 2 N–H and O–H groups in total. The van der Waals surface area contributed by atoms with Crippen LogP contribution in [0.25, 0.3) is 0 Å². The summed E-state index contributed by atoms with van der Waals surface area (Å²) in [5.74, 6) is 0. The molecule has 4 nitrogen and oxygen atoms in total. The van der Waals surface area contributed by atoms with E-state index in [-0.39, 0.29) is 12.1 Å². The van der Waals surface area contributed by atoms with E-state index < -0.39 is 0 Å². The van der Waals surface area contributed by atoms with Crippen molar-refractivity contribution < 1.29 is 4.79 Å². The van der Waals surface area contributed by atoms with E-state index in [2.05, 4.69) is 6.92 Å². The van der Waals surface area contributed by atoms with Gasteiger partial charge in [0.1, 0.15) is 0 Å². The lowest BCUT2D eigenvalue weighted by atomic mass is 10.2. The third kappa shape index (κ3) is 2.59. The fourth-order valence-electron chi connectivity index (χ4n) is 1.62. The first-order valence-corrected chi connectivity index (χ1v) is 4.90. The summed E-state index contributed by atoms with van der Waals surface area (Å²) in [7, 11) is 1.83. The highest BCUT2D eigenvalue weighted by molar-refractivity contribution is 5.76. The van der Waals surface area contributed by atoms with Gasteiger partial charge in [-0.3, -0.25) is 0 Å².